The molecule has 0 unspecified atom stereocenters. The number of nitrogens with zero attached hydrogens (tertiary/aromatic N) is 1. The van der Waals surface area contributed by atoms with Crippen LogP contribution < -0.4 is 0 Å². The summed E-state index contributed by atoms with van der Waals surface area (Å²) in [5.74, 6) is 0.700. The van der Waals surface area contributed by atoms with E-state index in [-0.39, 0.29) is 5.60 Å². The average molecular weight is 295 g/mol. The van der Waals surface area contributed by atoms with Crippen LogP contribution in [-0.4, -0.2) is 43.9 Å². The zero-order valence-corrected chi connectivity index (χ0v) is 13.2. The summed E-state index contributed by atoms with van der Waals surface area (Å²) in [7, 11) is 1.80. The minimum absolute atomic E-state index is 0.156. The minimum Gasteiger partial charge on any atom is -0.385 e. The molecule has 4 heteroatoms. The van der Waals surface area contributed by atoms with E-state index in [9.17, 15) is 0 Å². The number of hydrogen-bond donors (Lipinski definition) is 0. The molecule has 1 spiro atoms. The van der Waals surface area contributed by atoms with Crippen LogP contribution in [0.3, 0.4) is 0 Å². The molecule has 2 saturated heterocycles. The van der Waals surface area contributed by atoms with Crippen molar-refractivity contribution in [3.63, 3.8) is 0 Å². The second kappa shape index (κ2) is 6.56. The van der Waals surface area contributed by atoms with Gasteiger partial charge in [0.15, 0.2) is 0 Å². The summed E-state index contributed by atoms with van der Waals surface area (Å²) in [5, 5.41) is 4.43. The fraction of sp³-hybridized carbons (Fsp3) is 0.750. The van der Waals surface area contributed by atoms with E-state index in [0.717, 1.165) is 26.2 Å². The van der Waals surface area contributed by atoms with Crippen LogP contribution in [0.4, 0.5) is 0 Å². The van der Waals surface area contributed by atoms with Crippen LogP contribution in [0.2, 0.25) is 0 Å². The Morgan fingerprint density at radius 1 is 1.45 bits per heavy atom. The largest absolute Gasteiger partial charge is 0.385 e. The Morgan fingerprint density at radius 3 is 3.00 bits per heavy atom. The molecule has 0 aliphatic carbocycles. The van der Waals surface area contributed by atoms with Gasteiger partial charge in [-0.2, -0.15) is 11.3 Å². The molecule has 0 aromatic carbocycles. The monoisotopic (exact) mass is 295 g/mol. The fourth-order valence-electron chi connectivity index (χ4n) is 3.74. The molecule has 2 aliphatic rings. The lowest BCUT2D eigenvalue weighted by Crippen LogP contribution is -2.47. The van der Waals surface area contributed by atoms with Crippen LogP contribution in [0.5, 0.6) is 0 Å². The van der Waals surface area contributed by atoms with Crippen molar-refractivity contribution >= 4 is 11.3 Å². The number of rotatable bonds is 5. The van der Waals surface area contributed by atoms with Crippen molar-refractivity contribution in [2.75, 3.05) is 33.4 Å². The van der Waals surface area contributed by atoms with Crippen molar-refractivity contribution < 1.29 is 9.47 Å². The highest BCUT2D eigenvalue weighted by atomic mass is 32.1. The quantitative estimate of drug-likeness (QED) is 0.833. The first-order valence-corrected chi connectivity index (χ1v) is 8.63. The van der Waals surface area contributed by atoms with Gasteiger partial charge in [-0.3, -0.25) is 4.90 Å². The summed E-state index contributed by atoms with van der Waals surface area (Å²) in [6.45, 7) is 5.24. The van der Waals surface area contributed by atoms with Crippen molar-refractivity contribution in [2.24, 2.45) is 5.92 Å². The Bertz CT molecular complexity index is 399. The molecule has 112 valence electrons. The Labute approximate surface area is 125 Å². The molecule has 3 rings (SSSR count). The van der Waals surface area contributed by atoms with Crippen LogP contribution in [-0.2, 0) is 16.0 Å². The Balaban J connectivity index is 1.54. The van der Waals surface area contributed by atoms with E-state index in [0.29, 0.717) is 5.92 Å². The Hall–Kier alpha value is -0.420. The molecule has 2 fully saturated rings. The van der Waals surface area contributed by atoms with Gasteiger partial charge in [-0.25, -0.2) is 0 Å². The summed E-state index contributed by atoms with van der Waals surface area (Å²) in [6, 6.07) is 2.24. The van der Waals surface area contributed by atoms with E-state index < -0.39 is 0 Å². The van der Waals surface area contributed by atoms with Gasteiger partial charge in [0.25, 0.3) is 0 Å². The van der Waals surface area contributed by atoms with Gasteiger partial charge in [0.05, 0.1) is 5.60 Å². The highest BCUT2D eigenvalue weighted by Crippen LogP contribution is 2.42. The summed E-state index contributed by atoms with van der Waals surface area (Å²) >= 11 is 1.79. The molecule has 0 N–H and O–H groups in total. The van der Waals surface area contributed by atoms with E-state index in [1.165, 1.54) is 37.9 Å². The first-order chi connectivity index (χ1) is 9.82. The predicted octanol–water partition coefficient (Wildman–Crippen LogP) is 3.16. The first-order valence-electron chi connectivity index (χ1n) is 7.69. The van der Waals surface area contributed by atoms with Crippen molar-refractivity contribution in [1.29, 1.82) is 0 Å². The van der Waals surface area contributed by atoms with Gasteiger partial charge in [0, 0.05) is 40.0 Å². The maximum absolute atomic E-state index is 6.19. The van der Waals surface area contributed by atoms with Crippen LogP contribution >= 0.6 is 11.3 Å². The Morgan fingerprint density at radius 2 is 2.30 bits per heavy atom. The number of likely N-dealkylation sites (tertiary alicyclic amines) is 1. The van der Waals surface area contributed by atoms with E-state index in [2.05, 4.69) is 21.7 Å². The van der Waals surface area contributed by atoms with Gasteiger partial charge in [-0.1, -0.05) is 0 Å². The normalized spacial score (nSPS) is 26.4. The molecule has 3 heterocycles. The molecule has 2 aliphatic heterocycles. The second-order valence-corrected chi connectivity index (χ2v) is 6.87. The molecular formula is C16H25NO2S. The third-order valence-corrected chi connectivity index (χ3v) is 5.69. The Kier molecular flexibility index (Phi) is 4.76. The molecular weight excluding hydrogens is 270 g/mol. The smallest absolute Gasteiger partial charge is 0.0736 e. The molecule has 1 aromatic heterocycles. The topological polar surface area (TPSA) is 21.7 Å². The third-order valence-electron chi connectivity index (χ3n) is 4.96. The molecule has 20 heavy (non-hydrogen) atoms. The highest BCUT2D eigenvalue weighted by Gasteiger charge is 2.45. The molecule has 0 amide bonds. The average Bonchev–Trinajstić information content (AvgIpc) is 3.10. The number of ether oxygens (including phenoxy) is 2. The lowest BCUT2D eigenvalue weighted by molar-refractivity contribution is -0.0720. The predicted molar refractivity (Wildman–Crippen MR) is 82.1 cm³/mol. The molecule has 1 aromatic rings. The number of piperidine rings is 1. The van der Waals surface area contributed by atoms with Crippen molar-refractivity contribution in [2.45, 2.75) is 37.8 Å². The molecule has 0 radical (unpaired) electrons. The summed E-state index contributed by atoms with van der Waals surface area (Å²) in [4.78, 5) is 2.57. The lowest BCUT2D eigenvalue weighted by atomic mass is 9.78. The van der Waals surface area contributed by atoms with Gasteiger partial charge in [-0.15, -0.1) is 0 Å². The van der Waals surface area contributed by atoms with E-state index >= 15 is 0 Å². The molecule has 0 saturated carbocycles. The maximum atomic E-state index is 6.19. The standard InChI is InChI=1S/C16H25NO2S/c1-18-9-2-15-3-10-19-16(15)5-7-17(8-6-16)12-14-4-11-20-13-14/h4,11,13,15H,2-3,5-10,12H2,1H3/t15-/m0/s1. The van der Waals surface area contributed by atoms with Crippen molar-refractivity contribution in [1.82, 2.24) is 4.90 Å². The van der Waals surface area contributed by atoms with Crippen molar-refractivity contribution in [3.05, 3.63) is 22.4 Å². The van der Waals surface area contributed by atoms with Crippen molar-refractivity contribution in [3.8, 4) is 0 Å². The zero-order valence-electron chi connectivity index (χ0n) is 12.3. The van der Waals surface area contributed by atoms with E-state index in [1.54, 1.807) is 18.4 Å². The van der Waals surface area contributed by atoms with Crippen LogP contribution in [0.1, 0.15) is 31.2 Å². The first kappa shape index (κ1) is 14.5. The SMILES string of the molecule is COCC[C@H]1CCOC12CCN(Cc1ccsc1)CC2. The second-order valence-electron chi connectivity index (χ2n) is 6.09. The number of hydrogen-bond acceptors (Lipinski definition) is 4. The van der Waals surface area contributed by atoms with Gasteiger partial charge < -0.3 is 9.47 Å². The summed E-state index contributed by atoms with van der Waals surface area (Å²) in [5.41, 5.74) is 1.61. The summed E-state index contributed by atoms with van der Waals surface area (Å²) < 4.78 is 11.5. The minimum atomic E-state index is 0.156. The van der Waals surface area contributed by atoms with Gasteiger partial charge in [-0.05, 0) is 54.0 Å². The molecule has 1 atom stereocenters. The van der Waals surface area contributed by atoms with E-state index in [1.807, 2.05) is 0 Å². The molecule has 3 nitrogen and oxygen atoms in total. The van der Waals surface area contributed by atoms with Gasteiger partial charge in [0.2, 0.25) is 0 Å². The summed E-state index contributed by atoms with van der Waals surface area (Å²) in [6.07, 6.45) is 4.74. The molecule has 0 bridgehead atoms. The fourth-order valence-corrected chi connectivity index (χ4v) is 4.40. The van der Waals surface area contributed by atoms with Crippen LogP contribution in [0, 0.1) is 5.92 Å². The van der Waals surface area contributed by atoms with Gasteiger partial charge >= 0.3 is 0 Å². The zero-order chi connectivity index (χ0) is 13.8. The third kappa shape index (κ3) is 3.08. The lowest BCUT2D eigenvalue weighted by Gasteiger charge is -2.42. The van der Waals surface area contributed by atoms with E-state index in [4.69, 9.17) is 9.47 Å². The maximum Gasteiger partial charge on any atom is 0.0736 e. The highest BCUT2D eigenvalue weighted by molar-refractivity contribution is 7.07. The van der Waals surface area contributed by atoms with Crippen LogP contribution in [0.25, 0.3) is 0 Å². The van der Waals surface area contributed by atoms with Crippen LogP contribution in [0.15, 0.2) is 16.8 Å². The number of thiophene rings is 1. The van der Waals surface area contributed by atoms with Gasteiger partial charge in [0.1, 0.15) is 0 Å². The number of methoxy groups -OCH3 is 1.